The monoisotopic (exact) mass is 448 g/mol. The van der Waals surface area contributed by atoms with Crippen molar-refractivity contribution in [2.45, 2.75) is 32.8 Å². The summed E-state index contributed by atoms with van der Waals surface area (Å²) in [6, 6.07) is 18.0. The van der Waals surface area contributed by atoms with Gasteiger partial charge in [-0.3, -0.25) is 4.90 Å². The maximum absolute atomic E-state index is 13.1. The SMILES string of the molecule is CC(C)(C)OC(=O)N1CCN(CCCOC(=O)c2c3ccccc3cc3ccccc23)CC1. The van der Waals surface area contributed by atoms with Gasteiger partial charge in [0.15, 0.2) is 0 Å². The summed E-state index contributed by atoms with van der Waals surface area (Å²) in [5.41, 5.74) is 0.155. The second-order valence-electron chi connectivity index (χ2n) is 9.49. The Balaban J connectivity index is 1.30. The maximum atomic E-state index is 13.1. The molecule has 1 fully saturated rings. The van der Waals surface area contributed by atoms with Crippen molar-refractivity contribution in [2.24, 2.45) is 0 Å². The van der Waals surface area contributed by atoms with Crippen LogP contribution in [0.1, 0.15) is 37.6 Å². The van der Waals surface area contributed by atoms with Crippen molar-refractivity contribution in [1.82, 2.24) is 9.80 Å². The number of esters is 1. The summed E-state index contributed by atoms with van der Waals surface area (Å²) < 4.78 is 11.2. The van der Waals surface area contributed by atoms with Crippen LogP contribution in [0.5, 0.6) is 0 Å². The van der Waals surface area contributed by atoms with Crippen LogP contribution in [0.15, 0.2) is 54.6 Å². The topological polar surface area (TPSA) is 59.1 Å². The number of amides is 1. The fourth-order valence-corrected chi connectivity index (χ4v) is 4.24. The molecule has 33 heavy (non-hydrogen) atoms. The highest BCUT2D eigenvalue weighted by Gasteiger charge is 2.25. The molecule has 0 saturated carbocycles. The molecular formula is C27H32N2O4. The van der Waals surface area contributed by atoms with E-state index in [0.717, 1.165) is 47.6 Å². The van der Waals surface area contributed by atoms with Crippen LogP contribution >= 0.6 is 0 Å². The molecule has 0 spiro atoms. The molecule has 6 heteroatoms. The van der Waals surface area contributed by atoms with Crippen LogP contribution in [0.3, 0.4) is 0 Å². The smallest absolute Gasteiger partial charge is 0.410 e. The molecule has 0 atom stereocenters. The first kappa shape index (κ1) is 23.1. The zero-order valence-electron chi connectivity index (χ0n) is 19.7. The number of hydrogen-bond acceptors (Lipinski definition) is 5. The first-order chi connectivity index (χ1) is 15.8. The lowest BCUT2D eigenvalue weighted by Gasteiger charge is -2.35. The standard InChI is InChI=1S/C27H32N2O4/c1-27(2,3)33-26(31)29-16-14-28(15-17-29)13-8-18-32-25(30)24-22-11-6-4-9-20(22)19-21-10-5-7-12-23(21)24/h4-7,9-12,19H,8,13-18H2,1-3H3. The van der Waals surface area contributed by atoms with Crippen molar-refractivity contribution < 1.29 is 19.1 Å². The second kappa shape index (κ2) is 9.79. The molecule has 0 N–H and O–H groups in total. The van der Waals surface area contributed by atoms with Crippen molar-refractivity contribution in [3.63, 3.8) is 0 Å². The summed E-state index contributed by atoms with van der Waals surface area (Å²) in [6.45, 7) is 9.71. The van der Waals surface area contributed by atoms with E-state index in [1.165, 1.54) is 0 Å². The zero-order chi connectivity index (χ0) is 23.4. The molecule has 0 aliphatic carbocycles. The van der Waals surface area contributed by atoms with Crippen LogP contribution < -0.4 is 0 Å². The number of carbonyl (C=O) groups is 2. The summed E-state index contributed by atoms with van der Waals surface area (Å²) in [6.07, 6.45) is 0.499. The average Bonchev–Trinajstić information content (AvgIpc) is 2.79. The van der Waals surface area contributed by atoms with E-state index < -0.39 is 5.60 Å². The first-order valence-electron chi connectivity index (χ1n) is 11.6. The zero-order valence-corrected chi connectivity index (χ0v) is 19.7. The molecule has 3 aromatic carbocycles. The van der Waals surface area contributed by atoms with Crippen LogP contribution in [-0.4, -0.2) is 66.8 Å². The van der Waals surface area contributed by atoms with Gasteiger partial charge in [0.05, 0.1) is 12.2 Å². The predicted molar refractivity (Wildman–Crippen MR) is 131 cm³/mol. The molecule has 1 aliphatic heterocycles. The van der Waals surface area contributed by atoms with E-state index in [4.69, 9.17) is 9.47 Å². The summed E-state index contributed by atoms with van der Waals surface area (Å²) in [7, 11) is 0. The minimum Gasteiger partial charge on any atom is -0.462 e. The van der Waals surface area contributed by atoms with Gasteiger partial charge in [0.1, 0.15) is 5.60 Å². The van der Waals surface area contributed by atoms with E-state index in [1.807, 2.05) is 69.3 Å². The largest absolute Gasteiger partial charge is 0.462 e. The van der Waals surface area contributed by atoms with E-state index in [-0.39, 0.29) is 12.1 Å². The molecule has 1 amide bonds. The number of hydrogen-bond donors (Lipinski definition) is 0. The normalized spacial score (nSPS) is 15.1. The third-order valence-electron chi connectivity index (χ3n) is 5.85. The molecular weight excluding hydrogens is 416 g/mol. The Bertz CT molecular complexity index is 1090. The first-order valence-corrected chi connectivity index (χ1v) is 11.6. The van der Waals surface area contributed by atoms with Gasteiger partial charge < -0.3 is 14.4 Å². The van der Waals surface area contributed by atoms with Crippen molar-refractivity contribution in [1.29, 1.82) is 0 Å². The Kier molecular flexibility index (Phi) is 6.84. The fourth-order valence-electron chi connectivity index (χ4n) is 4.24. The maximum Gasteiger partial charge on any atom is 0.410 e. The van der Waals surface area contributed by atoms with Crippen molar-refractivity contribution in [3.8, 4) is 0 Å². The quantitative estimate of drug-likeness (QED) is 0.309. The van der Waals surface area contributed by atoms with Crippen LogP contribution in [0, 0.1) is 0 Å². The highest BCUT2D eigenvalue weighted by molar-refractivity contribution is 6.16. The molecule has 0 aromatic heterocycles. The van der Waals surface area contributed by atoms with Gasteiger partial charge >= 0.3 is 12.1 Å². The van der Waals surface area contributed by atoms with Gasteiger partial charge in [0, 0.05) is 32.7 Å². The van der Waals surface area contributed by atoms with Gasteiger partial charge in [-0.05, 0) is 54.8 Å². The van der Waals surface area contributed by atoms with Gasteiger partial charge in [-0.1, -0.05) is 48.5 Å². The number of nitrogens with zero attached hydrogens (tertiary/aromatic N) is 2. The molecule has 3 aromatic rings. The number of rotatable bonds is 5. The molecule has 174 valence electrons. The van der Waals surface area contributed by atoms with Crippen LogP contribution in [0.2, 0.25) is 0 Å². The fraction of sp³-hybridized carbons (Fsp3) is 0.407. The summed E-state index contributed by atoms with van der Waals surface area (Å²) >= 11 is 0. The number of ether oxygens (including phenoxy) is 2. The van der Waals surface area contributed by atoms with Crippen molar-refractivity contribution in [2.75, 3.05) is 39.3 Å². The minimum atomic E-state index is -0.479. The molecule has 0 radical (unpaired) electrons. The lowest BCUT2D eigenvalue weighted by atomic mass is 9.97. The average molecular weight is 449 g/mol. The van der Waals surface area contributed by atoms with Gasteiger partial charge in [-0.2, -0.15) is 0 Å². The molecule has 0 unspecified atom stereocenters. The predicted octanol–water partition coefficient (Wildman–Crippen LogP) is 5.09. The lowest BCUT2D eigenvalue weighted by Crippen LogP contribution is -2.50. The highest BCUT2D eigenvalue weighted by Crippen LogP contribution is 2.29. The number of carbonyl (C=O) groups excluding carboxylic acids is 2. The van der Waals surface area contributed by atoms with Gasteiger partial charge in [0.25, 0.3) is 0 Å². The number of piperazine rings is 1. The number of fused-ring (bicyclic) bond motifs is 2. The van der Waals surface area contributed by atoms with E-state index in [9.17, 15) is 9.59 Å². The lowest BCUT2D eigenvalue weighted by molar-refractivity contribution is 0.0134. The second-order valence-corrected chi connectivity index (χ2v) is 9.49. The molecule has 1 aliphatic rings. The molecule has 0 bridgehead atoms. The molecule has 1 heterocycles. The van der Waals surface area contributed by atoms with Crippen molar-refractivity contribution in [3.05, 3.63) is 60.2 Å². The summed E-state index contributed by atoms with van der Waals surface area (Å²) in [5, 5.41) is 3.90. The Labute approximate surface area is 195 Å². The number of benzene rings is 3. The van der Waals surface area contributed by atoms with Crippen LogP contribution in [0.4, 0.5) is 4.79 Å². The van der Waals surface area contributed by atoms with Gasteiger partial charge in [-0.25, -0.2) is 9.59 Å². The van der Waals surface area contributed by atoms with Crippen LogP contribution in [-0.2, 0) is 9.47 Å². The summed E-state index contributed by atoms with van der Waals surface area (Å²) in [4.78, 5) is 29.3. The van der Waals surface area contributed by atoms with E-state index in [0.29, 0.717) is 25.3 Å². The Morgan fingerprint density at radius 1 is 0.879 bits per heavy atom. The highest BCUT2D eigenvalue weighted by atomic mass is 16.6. The Hall–Kier alpha value is -3.12. The molecule has 4 rings (SSSR count). The van der Waals surface area contributed by atoms with E-state index in [2.05, 4.69) is 11.0 Å². The Morgan fingerprint density at radius 3 is 2.03 bits per heavy atom. The summed E-state index contributed by atoms with van der Waals surface area (Å²) in [5.74, 6) is -0.280. The minimum absolute atomic E-state index is 0.251. The van der Waals surface area contributed by atoms with Crippen molar-refractivity contribution >= 4 is 33.6 Å². The Morgan fingerprint density at radius 2 is 1.45 bits per heavy atom. The van der Waals surface area contributed by atoms with E-state index in [1.54, 1.807) is 4.90 Å². The van der Waals surface area contributed by atoms with E-state index >= 15 is 0 Å². The van der Waals surface area contributed by atoms with Gasteiger partial charge in [0.2, 0.25) is 0 Å². The third-order valence-corrected chi connectivity index (χ3v) is 5.85. The van der Waals surface area contributed by atoms with Crippen LogP contribution in [0.25, 0.3) is 21.5 Å². The molecule has 1 saturated heterocycles. The third kappa shape index (κ3) is 5.63. The van der Waals surface area contributed by atoms with Gasteiger partial charge in [-0.15, -0.1) is 0 Å². The molecule has 6 nitrogen and oxygen atoms in total.